The zero-order chi connectivity index (χ0) is 20.0. The summed E-state index contributed by atoms with van der Waals surface area (Å²) in [5.41, 5.74) is 1.90. The smallest absolute Gasteiger partial charge is 0.164 e. The number of hydrogen-bond acceptors (Lipinski definition) is 5. The number of carbonyl (C=O) groups is 1. The Hall–Kier alpha value is -1.14. The number of rotatable bonds is 14. The molecular weight excluding hydrogens is 390 g/mol. The molecule has 0 spiro atoms. The standard InChI is InChI=1S/C23H37NO4.ClH/c1-3-5-14-26-15-6-7-16-28-23-9-8-21(19-20(23)4-2)22(25)10-11-24-12-17-27-18-13-24;/h8-9,19H,3-7,10-18H2,1-2H3;1H. The number of ketones is 1. The predicted molar refractivity (Wildman–Crippen MR) is 120 cm³/mol. The van der Waals surface area contributed by atoms with Gasteiger partial charge in [-0.05, 0) is 49.4 Å². The second-order valence-corrected chi connectivity index (χ2v) is 7.32. The van der Waals surface area contributed by atoms with E-state index in [-0.39, 0.29) is 18.2 Å². The van der Waals surface area contributed by atoms with Crippen LogP contribution in [0.25, 0.3) is 0 Å². The second-order valence-electron chi connectivity index (χ2n) is 7.32. The van der Waals surface area contributed by atoms with Gasteiger partial charge in [0.2, 0.25) is 0 Å². The van der Waals surface area contributed by atoms with Crippen molar-refractivity contribution in [3.05, 3.63) is 29.3 Å². The third-order valence-corrected chi connectivity index (χ3v) is 5.10. The number of morpholine rings is 1. The molecule has 0 bridgehead atoms. The fourth-order valence-electron chi connectivity index (χ4n) is 3.24. The lowest BCUT2D eigenvalue weighted by atomic mass is 10.0. The van der Waals surface area contributed by atoms with Crippen LogP contribution in [0.5, 0.6) is 5.75 Å². The van der Waals surface area contributed by atoms with Crippen molar-refractivity contribution in [3.8, 4) is 5.75 Å². The van der Waals surface area contributed by atoms with E-state index in [4.69, 9.17) is 14.2 Å². The van der Waals surface area contributed by atoms with Crippen LogP contribution in [0, 0.1) is 0 Å². The molecule has 1 aliphatic heterocycles. The zero-order valence-corrected chi connectivity index (χ0v) is 18.9. The van der Waals surface area contributed by atoms with Crippen molar-refractivity contribution in [1.29, 1.82) is 0 Å². The van der Waals surface area contributed by atoms with Gasteiger partial charge in [0.05, 0.1) is 19.8 Å². The minimum Gasteiger partial charge on any atom is -0.493 e. The van der Waals surface area contributed by atoms with E-state index in [0.29, 0.717) is 13.0 Å². The van der Waals surface area contributed by atoms with Crippen molar-refractivity contribution in [2.45, 2.75) is 52.4 Å². The van der Waals surface area contributed by atoms with Crippen molar-refractivity contribution in [2.75, 3.05) is 52.7 Å². The molecule has 1 aromatic rings. The summed E-state index contributed by atoms with van der Waals surface area (Å²) >= 11 is 0. The Morgan fingerprint density at radius 2 is 1.79 bits per heavy atom. The molecule has 6 heteroatoms. The number of ether oxygens (including phenoxy) is 3. The SMILES string of the molecule is CCCCOCCCCOc1ccc(C(=O)CCN2CCOCC2)cc1CC.Cl. The Morgan fingerprint density at radius 3 is 2.52 bits per heavy atom. The Bertz CT molecular complexity index is 576. The number of unbranched alkanes of at least 4 members (excludes halogenated alkanes) is 2. The first-order valence-corrected chi connectivity index (χ1v) is 10.9. The van der Waals surface area contributed by atoms with Crippen molar-refractivity contribution in [1.82, 2.24) is 4.90 Å². The second kappa shape index (κ2) is 15.7. The molecule has 0 atom stereocenters. The Morgan fingerprint density at radius 1 is 1.07 bits per heavy atom. The summed E-state index contributed by atoms with van der Waals surface area (Å²) in [6.45, 7) is 10.8. The number of benzene rings is 1. The molecule has 1 aromatic carbocycles. The highest BCUT2D eigenvalue weighted by Gasteiger charge is 2.14. The van der Waals surface area contributed by atoms with E-state index in [1.165, 1.54) is 6.42 Å². The lowest BCUT2D eigenvalue weighted by Gasteiger charge is -2.26. The molecule has 0 N–H and O–H groups in total. The van der Waals surface area contributed by atoms with E-state index in [9.17, 15) is 4.79 Å². The summed E-state index contributed by atoms with van der Waals surface area (Å²) in [5, 5.41) is 0. The van der Waals surface area contributed by atoms with Crippen molar-refractivity contribution >= 4 is 18.2 Å². The summed E-state index contributed by atoms with van der Waals surface area (Å²) < 4.78 is 16.9. The molecule has 0 unspecified atom stereocenters. The van der Waals surface area contributed by atoms with Gasteiger partial charge in [-0.25, -0.2) is 0 Å². The maximum atomic E-state index is 12.6. The van der Waals surface area contributed by atoms with Gasteiger partial charge in [0.1, 0.15) is 5.75 Å². The number of halogens is 1. The zero-order valence-electron chi connectivity index (χ0n) is 18.1. The first-order valence-electron chi connectivity index (χ1n) is 10.9. The third-order valence-electron chi connectivity index (χ3n) is 5.10. The molecule has 1 saturated heterocycles. The van der Waals surface area contributed by atoms with Crippen LogP contribution < -0.4 is 4.74 Å². The van der Waals surface area contributed by atoms with E-state index in [2.05, 4.69) is 18.7 Å². The van der Waals surface area contributed by atoms with Crippen LogP contribution in [-0.2, 0) is 15.9 Å². The Kier molecular flexibility index (Phi) is 14.0. The van der Waals surface area contributed by atoms with Gasteiger partial charge in [-0.2, -0.15) is 0 Å². The maximum absolute atomic E-state index is 12.6. The topological polar surface area (TPSA) is 48.0 Å². The number of nitrogens with zero attached hydrogens (tertiary/aromatic N) is 1. The Labute approximate surface area is 182 Å². The van der Waals surface area contributed by atoms with E-state index >= 15 is 0 Å². The lowest BCUT2D eigenvalue weighted by molar-refractivity contribution is 0.0370. The van der Waals surface area contributed by atoms with Crippen LogP contribution in [0.1, 0.15) is 61.9 Å². The summed E-state index contributed by atoms with van der Waals surface area (Å²) in [6, 6.07) is 5.87. The number of hydrogen-bond donors (Lipinski definition) is 0. The van der Waals surface area contributed by atoms with Gasteiger partial charge in [0.25, 0.3) is 0 Å². The molecule has 1 heterocycles. The van der Waals surface area contributed by atoms with Gasteiger partial charge in [-0.1, -0.05) is 20.3 Å². The maximum Gasteiger partial charge on any atom is 0.164 e. The highest BCUT2D eigenvalue weighted by molar-refractivity contribution is 5.96. The predicted octanol–water partition coefficient (Wildman–Crippen LogP) is 4.55. The quantitative estimate of drug-likeness (QED) is 0.322. The Balaban J connectivity index is 0.00000420. The van der Waals surface area contributed by atoms with Gasteiger partial charge in [-0.3, -0.25) is 9.69 Å². The number of carbonyl (C=O) groups excluding carboxylic acids is 1. The highest BCUT2D eigenvalue weighted by atomic mass is 35.5. The largest absolute Gasteiger partial charge is 0.493 e. The molecule has 1 fully saturated rings. The molecule has 0 aromatic heterocycles. The van der Waals surface area contributed by atoms with Gasteiger partial charge >= 0.3 is 0 Å². The van der Waals surface area contributed by atoms with Crippen LogP contribution in [-0.4, -0.2) is 63.4 Å². The van der Waals surface area contributed by atoms with Crippen LogP contribution in [0.3, 0.4) is 0 Å². The molecule has 0 saturated carbocycles. The molecule has 166 valence electrons. The van der Waals surface area contributed by atoms with Gasteiger partial charge < -0.3 is 14.2 Å². The van der Waals surface area contributed by atoms with Crippen molar-refractivity contribution < 1.29 is 19.0 Å². The first kappa shape index (κ1) is 25.9. The summed E-state index contributed by atoms with van der Waals surface area (Å²) in [6.07, 6.45) is 5.72. The summed E-state index contributed by atoms with van der Waals surface area (Å²) in [4.78, 5) is 14.9. The van der Waals surface area contributed by atoms with Crippen LogP contribution >= 0.6 is 12.4 Å². The highest BCUT2D eigenvalue weighted by Crippen LogP contribution is 2.22. The summed E-state index contributed by atoms with van der Waals surface area (Å²) in [5.74, 6) is 1.11. The minimum atomic E-state index is 0. The number of Topliss-reactive ketones (excluding diaryl/α,β-unsaturated/α-hetero) is 1. The van der Waals surface area contributed by atoms with E-state index in [1.807, 2.05) is 18.2 Å². The number of aryl methyl sites for hydroxylation is 1. The van der Waals surface area contributed by atoms with Crippen LogP contribution in [0.15, 0.2) is 18.2 Å². The van der Waals surface area contributed by atoms with Crippen LogP contribution in [0.2, 0.25) is 0 Å². The molecular formula is C23H38ClNO4. The molecule has 0 amide bonds. The molecule has 5 nitrogen and oxygen atoms in total. The third kappa shape index (κ3) is 9.94. The van der Waals surface area contributed by atoms with Crippen molar-refractivity contribution in [2.24, 2.45) is 0 Å². The monoisotopic (exact) mass is 427 g/mol. The summed E-state index contributed by atoms with van der Waals surface area (Å²) in [7, 11) is 0. The van der Waals surface area contributed by atoms with Gasteiger partial charge in [0.15, 0.2) is 5.78 Å². The lowest BCUT2D eigenvalue weighted by Crippen LogP contribution is -2.37. The van der Waals surface area contributed by atoms with Crippen molar-refractivity contribution in [3.63, 3.8) is 0 Å². The fraction of sp³-hybridized carbons (Fsp3) is 0.696. The van der Waals surface area contributed by atoms with E-state index in [0.717, 1.165) is 88.6 Å². The minimum absolute atomic E-state index is 0. The normalized spacial score (nSPS) is 14.4. The molecule has 2 rings (SSSR count). The van der Waals surface area contributed by atoms with E-state index < -0.39 is 0 Å². The molecule has 0 radical (unpaired) electrons. The average Bonchev–Trinajstić information content (AvgIpc) is 2.74. The van der Waals surface area contributed by atoms with E-state index in [1.54, 1.807) is 0 Å². The fourth-order valence-corrected chi connectivity index (χ4v) is 3.24. The van der Waals surface area contributed by atoms with Gasteiger partial charge in [0, 0.05) is 44.8 Å². The molecule has 29 heavy (non-hydrogen) atoms. The molecule has 1 aliphatic rings. The molecule has 0 aliphatic carbocycles. The first-order chi connectivity index (χ1) is 13.7. The average molecular weight is 428 g/mol. The van der Waals surface area contributed by atoms with Gasteiger partial charge in [-0.15, -0.1) is 12.4 Å². The van der Waals surface area contributed by atoms with Crippen LogP contribution in [0.4, 0.5) is 0 Å².